The molecule has 0 atom stereocenters. The van der Waals surface area contributed by atoms with Crippen molar-refractivity contribution in [1.82, 2.24) is 0 Å². The molecule has 0 amide bonds. The Balaban J connectivity index is 0. The van der Waals surface area contributed by atoms with Crippen LogP contribution in [0.5, 0.6) is 0 Å². The summed E-state index contributed by atoms with van der Waals surface area (Å²) in [5.74, 6) is 0. The average Bonchev–Trinajstić information content (AvgIpc) is 1.65. The Bertz CT molecular complexity index is 52.5. The standard InChI is InChI=1S/C2H7NO.CH4N2S/c3-1-2-4;2-1(3)4/h4H,1-3H2;(H4,2,3,4). The van der Waals surface area contributed by atoms with Gasteiger partial charge in [0.15, 0.2) is 5.11 Å². The molecular weight excluding hydrogens is 126 g/mol. The molecule has 0 radical (unpaired) electrons. The Kier molecular flexibility index (Phi) is 12.9. The third-order valence-electron chi connectivity index (χ3n) is 0.129. The van der Waals surface area contributed by atoms with Crippen LogP contribution in [0.4, 0.5) is 0 Å². The number of nitrogens with two attached hydrogens (primary N) is 3. The molecule has 4 nitrogen and oxygen atoms in total. The van der Waals surface area contributed by atoms with Gasteiger partial charge in [-0.15, -0.1) is 0 Å². The molecule has 5 heteroatoms. The van der Waals surface area contributed by atoms with Gasteiger partial charge in [-0.05, 0) is 12.2 Å². The third kappa shape index (κ3) is 320. The lowest BCUT2D eigenvalue weighted by Crippen LogP contribution is -2.18. The number of thiocarbonyl (C=S) groups is 1. The molecule has 50 valence electrons. The lowest BCUT2D eigenvalue weighted by atomic mass is 10.8. The van der Waals surface area contributed by atoms with Crippen molar-refractivity contribution in [2.45, 2.75) is 0 Å². The van der Waals surface area contributed by atoms with Crippen LogP contribution in [-0.2, 0) is 0 Å². The molecule has 0 unspecified atom stereocenters. The average molecular weight is 137 g/mol. The lowest BCUT2D eigenvalue weighted by Gasteiger charge is -1.71. The monoisotopic (exact) mass is 137 g/mol. The first kappa shape index (κ1) is 10.6. The SMILES string of the molecule is NC(N)=S.NCCO. The molecule has 8 heavy (non-hydrogen) atoms. The predicted octanol–water partition coefficient (Wildman–Crippen LogP) is -1.87. The van der Waals surface area contributed by atoms with Gasteiger partial charge in [-0.2, -0.15) is 0 Å². The van der Waals surface area contributed by atoms with Crippen LogP contribution in [-0.4, -0.2) is 23.4 Å². The first-order valence-corrected chi connectivity index (χ1v) is 2.41. The van der Waals surface area contributed by atoms with E-state index in [1.54, 1.807) is 0 Å². The molecule has 0 spiro atoms. The predicted molar refractivity (Wildman–Crippen MR) is 37.1 cm³/mol. The summed E-state index contributed by atoms with van der Waals surface area (Å²) in [6.45, 7) is 0.472. The number of hydrogen-bond donors (Lipinski definition) is 4. The molecule has 0 aromatic heterocycles. The maximum absolute atomic E-state index is 7.75. The van der Waals surface area contributed by atoms with Gasteiger partial charge in [-0.25, -0.2) is 0 Å². The Morgan fingerprint density at radius 1 is 1.50 bits per heavy atom. The van der Waals surface area contributed by atoms with Gasteiger partial charge in [0.2, 0.25) is 0 Å². The Labute approximate surface area is 53.6 Å². The normalized spacial score (nSPS) is 6.75. The second kappa shape index (κ2) is 9.79. The minimum Gasteiger partial charge on any atom is -0.395 e. The van der Waals surface area contributed by atoms with Crippen molar-refractivity contribution in [2.75, 3.05) is 13.2 Å². The first-order valence-electron chi connectivity index (χ1n) is 2.01. The fourth-order valence-electron chi connectivity index (χ4n) is 0. The maximum atomic E-state index is 7.75. The van der Waals surface area contributed by atoms with Gasteiger partial charge in [0.1, 0.15) is 0 Å². The van der Waals surface area contributed by atoms with E-state index < -0.39 is 0 Å². The molecular formula is C3H11N3OS. The van der Waals surface area contributed by atoms with Crippen LogP contribution < -0.4 is 17.2 Å². The smallest absolute Gasteiger partial charge is 0.160 e. The van der Waals surface area contributed by atoms with Gasteiger partial charge in [0.05, 0.1) is 6.61 Å². The van der Waals surface area contributed by atoms with Gasteiger partial charge in [-0.1, -0.05) is 0 Å². The van der Waals surface area contributed by atoms with Gasteiger partial charge >= 0.3 is 0 Å². The van der Waals surface area contributed by atoms with E-state index in [2.05, 4.69) is 23.7 Å². The van der Waals surface area contributed by atoms with Crippen molar-refractivity contribution < 1.29 is 5.11 Å². The maximum Gasteiger partial charge on any atom is 0.160 e. The van der Waals surface area contributed by atoms with Crippen molar-refractivity contribution >= 4 is 17.3 Å². The summed E-state index contributed by atoms with van der Waals surface area (Å²) in [6, 6.07) is 0. The van der Waals surface area contributed by atoms with E-state index in [4.69, 9.17) is 10.8 Å². The third-order valence-corrected chi connectivity index (χ3v) is 0.129. The molecule has 7 N–H and O–H groups in total. The summed E-state index contributed by atoms with van der Waals surface area (Å²) in [6.07, 6.45) is 0. The van der Waals surface area contributed by atoms with Crippen molar-refractivity contribution in [3.05, 3.63) is 0 Å². The lowest BCUT2D eigenvalue weighted by molar-refractivity contribution is 0.306. The fourth-order valence-corrected chi connectivity index (χ4v) is 0. The van der Waals surface area contributed by atoms with Crippen molar-refractivity contribution in [1.29, 1.82) is 0 Å². The summed E-state index contributed by atoms with van der Waals surface area (Å²) < 4.78 is 0. The summed E-state index contributed by atoms with van der Waals surface area (Å²) in [7, 11) is 0. The van der Waals surface area contributed by atoms with Crippen LogP contribution in [0.25, 0.3) is 0 Å². The van der Waals surface area contributed by atoms with Crippen molar-refractivity contribution in [3.63, 3.8) is 0 Å². The number of rotatable bonds is 1. The molecule has 0 rings (SSSR count). The highest BCUT2D eigenvalue weighted by molar-refractivity contribution is 7.80. The number of aliphatic hydroxyl groups is 1. The minimum absolute atomic E-state index is 0.000000000000000222. The second-order valence-electron chi connectivity index (χ2n) is 0.915. The van der Waals surface area contributed by atoms with Crippen molar-refractivity contribution in [2.24, 2.45) is 17.2 Å². The van der Waals surface area contributed by atoms with Crippen LogP contribution in [0.15, 0.2) is 0 Å². The molecule has 0 aliphatic heterocycles. The fraction of sp³-hybridized carbons (Fsp3) is 0.667. The zero-order valence-corrected chi connectivity index (χ0v) is 5.32. The Morgan fingerprint density at radius 3 is 1.62 bits per heavy atom. The van der Waals surface area contributed by atoms with Gasteiger partial charge in [0, 0.05) is 6.54 Å². The Morgan fingerprint density at radius 2 is 1.62 bits per heavy atom. The summed E-state index contributed by atoms with van der Waals surface area (Å²) in [5.41, 5.74) is 14.0. The quantitative estimate of drug-likeness (QED) is 0.317. The van der Waals surface area contributed by atoms with Crippen LogP contribution in [0, 0.1) is 0 Å². The van der Waals surface area contributed by atoms with E-state index in [1.807, 2.05) is 0 Å². The highest BCUT2D eigenvalue weighted by atomic mass is 32.1. The van der Waals surface area contributed by atoms with Crippen molar-refractivity contribution in [3.8, 4) is 0 Å². The largest absolute Gasteiger partial charge is 0.395 e. The summed E-state index contributed by atoms with van der Waals surface area (Å²) >= 11 is 4.09. The van der Waals surface area contributed by atoms with E-state index in [9.17, 15) is 0 Å². The van der Waals surface area contributed by atoms with Gasteiger partial charge < -0.3 is 22.3 Å². The molecule has 0 bridgehead atoms. The van der Waals surface area contributed by atoms with Gasteiger partial charge in [0.25, 0.3) is 0 Å². The van der Waals surface area contributed by atoms with E-state index in [0.29, 0.717) is 6.54 Å². The zero-order valence-electron chi connectivity index (χ0n) is 4.50. The van der Waals surface area contributed by atoms with E-state index in [-0.39, 0.29) is 11.7 Å². The van der Waals surface area contributed by atoms with Gasteiger partial charge in [-0.3, -0.25) is 0 Å². The Hall–Kier alpha value is -0.390. The molecule has 0 aliphatic rings. The summed E-state index contributed by atoms with van der Waals surface area (Å²) in [5, 5.41) is 7.75. The van der Waals surface area contributed by atoms with E-state index in [1.165, 1.54) is 0 Å². The van der Waals surface area contributed by atoms with Crippen LogP contribution in [0.1, 0.15) is 0 Å². The second-order valence-corrected chi connectivity index (χ2v) is 1.39. The number of hydrogen-bond acceptors (Lipinski definition) is 3. The molecule has 0 saturated carbocycles. The molecule has 0 aromatic rings. The topological polar surface area (TPSA) is 98.3 Å². The van der Waals surface area contributed by atoms with Crippen LogP contribution in [0.2, 0.25) is 0 Å². The highest BCUT2D eigenvalue weighted by Crippen LogP contribution is 1.33. The zero-order chi connectivity index (χ0) is 6.99. The van der Waals surface area contributed by atoms with E-state index >= 15 is 0 Å². The highest BCUT2D eigenvalue weighted by Gasteiger charge is 1.56. The molecule has 0 aromatic carbocycles. The molecule has 0 fully saturated rings. The molecule has 0 heterocycles. The van der Waals surface area contributed by atoms with E-state index in [0.717, 1.165) is 0 Å². The summed E-state index contributed by atoms with van der Waals surface area (Å²) in [4.78, 5) is 0. The van der Waals surface area contributed by atoms with Crippen LogP contribution >= 0.6 is 12.2 Å². The molecule has 0 aliphatic carbocycles. The first-order chi connectivity index (χ1) is 3.65. The van der Waals surface area contributed by atoms with Crippen LogP contribution in [0.3, 0.4) is 0 Å². The number of aliphatic hydroxyl groups excluding tert-OH is 1. The molecule has 0 saturated heterocycles. The minimum atomic E-state index is 0.000000000000000222.